The summed E-state index contributed by atoms with van der Waals surface area (Å²) in [7, 11) is 0. The number of ether oxygens (including phenoxy) is 1. The minimum atomic E-state index is -0.248. The Morgan fingerprint density at radius 2 is 1.95 bits per heavy atom. The molecule has 1 aliphatic rings. The van der Waals surface area contributed by atoms with Crippen LogP contribution in [-0.2, 0) is 4.74 Å². The van der Waals surface area contributed by atoms with Gasteiger partial charge < -0.3 is 20.3 Å². The van der Waals surface area contributed by atoms with E-state index in [1.54, 1.807) is 23.3 Å². The number of aromatic nitrogens is 4. The summed E-state index contributed by atoms with van der Waals surface area (Å²) in [6.45, 7) is 7.62. The van der Waals surface area contributed by atoms with Gasteiger partial charge in [0.15, 0.2) is 0 Å². The first-order valence-electron chi connectivity index (χ1n) is 12.6. The van der Waals surface area contributed by atoms with Crippen molar-refractivity contribution >= 4 is 34.8 Å². The molecule has 2 N–H and O–H groups in total. The van der Waals surface area contributed by atoms with E-state index in [0.29, 0.717) is 29.0 Å². The average Bonchev–Trinajstić information content (AvgIpc) is 3.43. The molecule has 4 aromatic rings. The van der Waals surface area contributed by atoms with E-state index < -0.39 is 0 Å². The number of carbonyl (C=O) groups is 1. The number of carbonyl (C=O) groups excluding carboxylic acids is 1. The highest BCUT2D eigenvalue weighted by Crippen LogP contribution is 2.23. The topological polar surface area (TPSA) is 97.2 Å². The van der Waals surface area contributed by atoms with Crippen LogP contribution in [0.2, 0.25) is 5.02 Å². The second-order valence-corrected chi connectivity index (χ2v) is 9.74. The molecule has 1 atom stereocenters. The summed E-state index contributed by atoms with van der Waals surface area (Å²) in [5.74, 6) is 0.965. The molecule has 0 aliphatic carbocycles. The number of rotatable bonds is 8. The minimum absolute atomic E-state index is 0.110. The van der Waals surface area contributed by atoms with E-state index >= 15 is 0 Å². The molecule has 0 spiro atoms. The molecule has 5 rings (SSSR count). The van der Waals surface area contributed by atoms with Gasteiger partial charge in [0.1, 0.15) is 17.8 Å². The highest BCUT2D eigenvalue weighted by molar-refractivity contribution is 6.30. The number of aryl methyl sites for hydroxylation is 1. The second kappa shape index (κ2) is 11.6. The van der Waals surface area contributed by atoms with E-state index in [2.05, 4.69) is 37.6 Å². The van der Waals surface area contributed by atoms with Crippen molar-refractivity contribution in [2.24, 2.45) is 0 Å². The van der Waals surface area contributed by atoms with Gasteiger partial charge in [-0.05, 0) is 48.7 Å². The lowest BCUT2D eigenvalue weighted by atomic mass is 10.0. The number of imidazole rings is 1. The summed E-state index contributed by atoms with van der Waals surface area (Å²) in [5.41, 5.74) is 4.25. The fourth-order valence-electron chi connectivity index (χ4n) is 4.31. The van der Waals surface area contributed by atoms with Gasteiger partial charge in [0.05, 0.1) is 13.2 Å². The molecular formula is C28H30ClN7O2. The van der Waals surface area contributed by atoms with Gasteiger partial charge in [0.25, 0.3) is 5.91 Å². The zero-order valence-corrected chi connectivity index (χ0v) is 22.2. The number of benzene rings is 2. The van der Waals surface area contributed by atoms with Gasteiger partial charge in [-0.25, -0.2) is 9.97 Å². The largest absolute Gasteiger partial charge is 0.378 e. The molecule has 9 nitrogen and oxygen atoms in total. The van der Waals surface area contributed by atoms with Crippen LogP contribution in [0.15, 0.2) is 67.3 Å². The van der Waals surface area contributed by atoms with E-state index in [4.69, 9.17) is 21.3 Å². The Labute approximate surface area is 226 Å². The van der Waals surface area contributed by atoms with E-state index in [1.807, 2.05) is 50.2 Å². The fraction of sp³-hybridized carbons (Fsp3) is 0.286. The van der Waals surface area contributed by atoms with Gasteiger partial charge in [-0.2, -0.15) is 4.98 Å². The molecule has 1 amide bonds. The first kappa shape index (κ1) is 25.7. The Bertz CT molecular complexity index is 1420. The lowest BCUT2D eigenvalue weighted by molar-refractivity contribution is 0.0947. The summed E-state index contributed by atoms with van der Waals surface area (Å²) in [6.07, 6.45) is 5.02. The standard InChI is InChI=1S/C28H30ClN7O2/c1-19(21-5-3-6-22(29)13-21)15-30-27(37)25-17-36(18-32-25)26-20(2)16-31-28(34-26)33-23-7-4-8-24(14-23)35-9-11-38-12-10-35/h3-8,13-14,16-19H,9-12,15H2,1-2H3,(H,30,37)(H,31,33,34). The molecule has 2 aromatic heterocycles. The number of amides is 1. The van der Waals surface area contributed by atoms with Gasteiger partial charge in [-0.3, -0.25) is 9.36 Å². The van der Waals surface area contributed by atoms with Crippen LogP contribution in [-0.4, -0.2) is 58.3 Å². The summed E-state index contributed by atoms with van der Waals surface area (Å²) >= 11 is 6.10. The third-order valence-electron chi connectivity index (χ3n) is 6.47. The third kappa shape index (κ3) is 6.12. The number of hydrogen-bond acceptors (Lipinski definition) is 7. The van der Waals surface area contributed by atoms with Crippen LogP contribution in [0.5, 0.6) is 0 Å². The zero-order valence-electron chi connectivity index (χ0n) is 21.4. The Kier molecular flexibility index (Phi) is 7.86. The van der Waals surface area contributed by atoms with Gasteiger partial charge in [-0.15, -0.1) is 0 Å². The first-order valence-corrected chi connectivity index (χ1v) is 13.0. The van der Waals surface area contributed by atoms with Gasteiger partial charge in [0, 0.05) is 54.0 Å². The summed E-state index contributed by atoms with van der Waals surface area (Å²) in [5, 5.41) is 6.94. The van der Waals surface area contributed by atoms with Crippen molar-refractivity contribution in [3.8, 4) is 5.82 Å². The maximum atomic E-state index is 12.8. The molecule has 2 aromatic carbocycles. The molecule has 38 heavy (non-hydrogen) atoms. The van der Waals surface area contributed by atoms with Crippen molar-refractivity contribution in [2.75, 3.05) is 43.1 Å². The van der Waals surface area contributed by atoms with E-state index in [9.17, 15) is 4.79 Å². The van der Waals surface area contributed by atoms with E-state index in [1.165, 1.54) is 0 Å². The molecule has 3 heterocycles. The lowest BCUT2D eigenvalue weighted by Crippen LogP contribution is -2.36. The van der Waals surface area contributed by atoms with Crippen LogP contribution in [0.1, 0.15) is 34.5 Å². The molecule has 0 bridgehead atoms. The fourth-order valence-corrected chi connectivity index (χ4v) is 4.51. The predicted molar refractivity (Wildman–Crippen MR) is 149 cm³/mol. The zero-order chi connectivity index (χ0) is 26.5. The predicted octanol–water partition coefficient (Wildman–Crippen LogP) is 4.74. The molecular weight excluding hydrogens is 502 g/mol. The highest BCUT2D eigenvalue weighted by atomic mass is 35.5. The summed E-state index contributed by atoms with van der Waals surface area (Å²) in [6, 6.07) is 15.8. The van der Waals surface area contributed by atoms with Crippen molar-refractivity contribution in [2.45, 2.75) is 19.8 Å². The summed E-state index contributed by atoms with van der Waals surface area (Å²) < 4.78 is 7.20. The maximum absolute atomic E-state index is 12.8. The van der Waals surface area contributed by atoms with Crippen molar-refractivity contribution in [1.82, 2.24) is 24.8 Å². The summed E-state index contributed by atoms with van der Waals surface area (Å²) in [4.78, 5) is 28.5. The first-order chi connectivity index (χ1) is 18.5. The Hall–Kier alpha value is -3.95. The van der Waals surface area contributed by atoms with Gasteiger partial charge in [-0.1, -0.05) is 36.7 Å². The lowest BCUT2D eigenvalue weighted by Gasteiger charge is -2.29. The smallest absolute Gasteiger partial charge is 0.271 e. The molecule has 196 valence electrons. The number of anilines is 3. The van der Waals surface area contributed by atoms with Crippen LogP contribution in [0.3, 0.4) is 0 Å². The van der Waals surface area contributed by atoms with Crippen LogP contribution in [0.25, 0.3) is 5.82 Å². The molecule has 0 radical (unpaired) electrons. The van der Waals surface area contributed by atoms with Crippen LogP contribution in [0.4, 0.5) is 17.3 Å². The number of morpholine rings is 1. The molecule has 1 unspecified atom stereocenters. The monoisotopic (exact) mass is 531 g/mol. The molecule has 1 fully saturated rings. The Morgan fingerprint density at radius 3 is 2.76 bits per heavy atom. The van der Waals surface area contributed by atoms with Crippen molar-refractivity contribution in [3.63, 3.8) is 0 Å². The highest BCUT2D eigenvalue weighted by Gasteiger charge is 2.15. The van der Waals surface area contributed by atoms with Gasteiger partial charge in [0.2, 0.25) is 5.95 Å². The number of hydrogen-bond donors (Lipinski definition) is 2. The maximum Gasteiger partial charge on any atom is 0.271 e. The Morgan fingerprint density at radius 1 is 1.13 bits per heavy atom. The van der Waals surface area contributed by atoms with Crippen molar-refractivity contribution in [1.29, 1.82) is 0 Å². The second-order valence-electron chi connectivity index (χ2n) is 9.31. The minimum Gasteiger partial charge on any atom is -0.378 e. The number of nitrogens with one attached hydrogen (secondary N) is 2. The normalized spacial score (nSPS) is 14.2. The van der Waals surface area contributed by atoms with E-state index in [0.717, 1.165) is 48.8 Å². The van der Waals surface area contributed by atoms with Crippen LogP contribution >= 0.6 is 11.6 Å². The van der Waals surface area contributed by atoms with E-state index in [-0.39, 0.29) is 11.8 Å². The SMILES string of the molecule is Cc1cnc(Nc2cccc(N3CCOCC3)c2)nc1-n1cnc(C(=O)NCC(C)c2cccc(Cl)c2)c1. The van der Waals surface area contributed by atoms with Gasteiger partial charge >= 0.3 is 0 Å². The Balaban J connectivity index is 1.26. The quantitative estimate of drug-likeness (QED) is 0.339. The number of nitrogens with zero attached hydrogens (tertiary/aromatic N) is 5. The van der Waals surface area contributed by atoms with Crippen molar-refractivity contribution in [3.05, 3.63) is 89.1 Å². The van der Waals surface area contributed by atoms with Crippen LogP contribution < -0.4 is 15.5 Å². The molecule has 1 aliphatic heterocycles. The van der Waals surface area contributed by atoms with Crippen LogP contribution in [0, 0.1) is 6.92 Å². The number of halogens is 1. The molecule has 1 saturated heterocycles. The van der Waals surface area contributed by atoms with Crippen molar-refractivity contribution < 1.29 is 9.53 Å². The average molecular weight is 532 g/mol. The molecule has 0 saturated carbocycles. The molecule has 10 heteroatoms. The third-order valence-corrected chi connectivity index (χ3v) is 6.70.